The summed E-state index contributed by atoms with van der Waals surface area (Å²) in [7, 11) is 1.81. The Morgan fingerprint density at radius 3 is 2.62 bits per heavy atom. The number of nitrogens with zero attached hydrogens (tertiary/aromatic N) is 4. The lowest BCUT2D eigenvalue weighted by molar-refractivity contribution is -0.121. The molecule has 0 unspecified atom stereocenters. The predicted octanol–water partition coefficient (Wildman–Crippen LogP) is 3.04. The normalized spacial score (nSPS) is 15.6. The molecule has 176 valence electrons. The highest BCUT2D eigenvalue weighted by molar-refractivity contribution is 7.99. The number of aryl methyl sites for hydroxylation is 1. The SMILES string of the molecule is Cn1cnnc1SCC(=O)Nc1cccc(C(=O)N2CCC[C@@H](C(=O)Nc3ccccc3)C2)c1. The van der Waals surface area contributed by atoms with Gasteiger partial charge in [-0.3, -0.25) is 14.4 Å². The number of anilines is 2. The number of likely N-dealkylation sites (tertiary alicyclic amines) is 1. The first-order chi connectivity index (χ1) is 16.5. The van der Waals surface area contributed by atoms with Crippen molar-refractivity contribution in [3.8, 4) is 0 Å². The van der Waals surface area contributed by atoms with Gasteiger partial charge in [-0.2, -0.15) is 0 Å². The number of hydrogen-bond donors (Lipinski definition) is 2. The van der Waals surface area contributed by atoms with Crippen LogP contribution in [0.3, 0.4) is 0 Å². The number of carbonyl (C=O) groups is 3. The van der Waals surface area contributed by atoms with E-state index in [9.17, 15) is 14.4 Å². The van der Waals surface area contributed by atoms with Crippen molar-refractivity contribution < 1.29 is 14.4 Å². The summed E-state index contributed by atoms with van der Waals surface area (Å²) >= 11 is 1.28. The van der Waals surface area contributed by atoms with Gasteiger partial charge in [0, 0.05) is 37.1 Å². The Morgan fingerprint density at radius 1 is 1.06 bits per heavy atom. The fourth-order valence-corrected chi connectivity index (χ4v) is 4.47. The first-order valence-corrected chi connectivity index (χ1v) is 12.0. The lowest BCUT2D eigenvalue weighted by atomic mass is 9.96. The van der Waals surface area contributed by atoms with E-state index in [0.717, 1.165) is 18.5 Å². The van der Waals surface area contributed by atoms with Gasteiger partial charge in [0.2, 0.25) is 11.8 Å². The van der Waals surface area contributed by atoms with Crippen LogP contribution in [0.1, 0.15) is 23.2 Å². The van der Waals surface area contributed by atoms with Crippen LogP contribution >= 0.6 is 11.8 Å². The molecule has 1 aliphatic rings. The number of carbonyl (C=O) groups excluding carboxylic acids is 3. The highest BCUT2D eigenvalue weighted by atomic mass is 32.2. The molecule has 10 heteroatoms. The fourth-order valence-electron chi connectivity index (χ4n) is 3.78. The molecule has 1 fully saturated rings. The molecule has 3 amide bonds. The summed E-state index contributed by atoms with van der Waals surface area (Å²) in [5.74, 6) is -0.520. The third-order valence-corrected chi connectivity index (χ3v) is 6.55. The van der Waals surface area contributed by atoms with E-state index < -0.39 is 0 Å². The molecular formula is C24H26N6O3S. The zero-order chi connectivity index (χ0) is 23.9. The van der Waals surface area contributed by atoms with E-state index in [1.54, 1.807) is 40.1 Å². The van der Waals surface area contributed by atoms with E-state index in [2.05, 4.69) is 20.8 Å². The van der Waals surface area contributed by atoms with Crippen LogP contribution in [0.4, 0.5) is 11.4 Å². The largest absolute Gasteiger partial charge is 0.338 e. The van der Waals surface area contributed by atoms with Gasteiger partial charge in [0.25, 0.3) is 5.91 Å². The van der Waals surface area contributed by atoms with Crippen molar-refractivity contribution in [1.82, 2.24) is 19.7 Å². The maximum absolute atomic E-state index is 13.1. The monoisotopic (exact) mass is 478 g/mol. The van der Waals surface area contributed by atoms with E-state index in [-0.39, 0.29) is 29.4 Å². The molecular weight excluding hydrogens is 452 g/mol. The van der Waals surface area contributed by atoms with Gasteiger partial charge < -0.3 is 20.1 Å². The van der Waals surface area contributed by atoms with Crippen molar-refractivity contribution in [1.29, 1.82) is 0 Å². The smallest absolute Gasteiger partial charge is 0.253 e. The number of amides is 3. The molecule has 0 bridgehead atoms. The van der Waals surface area contributed by atoms with Crippen LogP contribution in [-0.2, 0) is 16.6 Å². The quantitative estimate of drug-likeness (QED) is 0.505. The van der Waals surface area contributed by atoms with Crippen molar-refractivity contribution in [3.63, 3.8) is 0 Å². The number of thioether (sulfide) groups is 1. The van der Waals surface area contributed by atoms with E-state index in [1.807, 2.05) is 37.4 Å². The summed E-state index contributed by atoms with van der Waals surface area (Å²) in [6, 6.07) is 16.2. The minimum Gasteiger partial charge on any atom is -0.338 e. The highest BCUT2D eigenvalue weighted by Crippen LogP contribution is 2.22. The third-order valence-electron chi connectivity index (χ3n) is 5.52. The Labute approximate surface area is 201 Å². The number of nitrogens with one attached hydrogen (secondary N) is 2. The van der Waals surface area contributed by atoms with Gasteiger partial charge in [0.1, 0.15) is 6.33 Å². The second kappa shape index (κ2) is 11.0. The summed E-state index contributed by atoms with van der Waals surface area (Å²) in [6.07, 6.45) is 3.07. The Morgan fingerprint density at radius 2 is 1.85 bits per heavy atom. The lowest BCUT2D eigenvalue weighted by Gasteiger charge is -2.32. The molecule has 2 aromatic carbocycles. The van der Waals surface area contributed by atoms with Crippen LogP contribution in [0.2, 0.25) is 0 Å². The molecule has 1 atom stereocenters. The molecule has 9 nitrogen and oxygen atoms in total. The van der Waals surface area contributed by atoms with Crippen molar-refractivity contribution in [2.45, 2.75) is 18.0 Å². The molecule has 34 heavy (non-hydrogen) atoms. The van der Waals surface area contributed by atoms with Gasteiger partial charge in [-0.15, -0.1) is 10.2 Å². The van der Waals surface area contributed by atoms with E-state index in [1.165, 1.54) is 11.8 Å². The second-order valence-electron chi connectivity index (χ2n) is 8.09. The molecule has 2 heterocycles. The van der Waals surface area contributed by atoms with Crippen LogP contribution in [0, 0.1) is 5.92 Å². The molecule has 1 aliphatic heterocycles. The molecule has 1 aromatic heterocycles. The highest BCUT2D eigenvalue weighted by Gasteiger charge is 2.29. The molecule has 4 rings (SSSR count). The van der Waals surface area contributed by atoms with Crippen LogP contribution in [0.25, 0.3) is 0 Å². The summed E-state index contributed by atoms with van der Waals surface area (Å²) in [5.41, 5.74) is 1.77. The molecule has 0 radical (unpaired) electrons. The predicted molar refractivity (Wildman–Crippen MR) is 130 cm³/mol. The Kier molecular flexibility index (Phi) is 7.58. The molecule has 3 aromatic rings. The second-order valence-corrected chi connectivity index (χ2v) is 9.03. The van der Waals surface area contributed by atoms with Crippen molar-refractivity contribution in [2.24, 2.45) is 13.0 Å². The lowest BCUT2D eigenvalue weighted by Crippen LogP contribution is -2.43. The number of benzene rings is 2. The average Bonchev–Trinajstić information content (AvgIpc) is 3.27. The van der Waals surface area contributed by atoms with Gasteiger partial charge >= 0.3 is 0 Å². The Bertz CT molecular complexity index is 1170. The standard InChI is InChI=1S/C24H26N6O3S/c1-29-16-25-28-24(29)34-15-21(31)26-20-11-5-7-17(13-20)23(33)30-12-6-8-18(14-30)22(32)27-19-9-3-2-4-10-19/h2-5,7,9-11,13,16,18H,6,8,12,14-15H2,1H3,(H,26,31)(H,27,32)/t18-/m1/s1. The van der Waals surface area contributed by atoms with Crippen LogP contribution in [0.5, 0.6) is 0 Å². The Balaban J connectivity index is 1.34. The van der Waals surface area contributed by atoms with E-state index >= 15 is 0 Å². The van der Waals surface area contributed by atoms with Crippen molar-refractivity contribution >= 4 is 40.9 Å². The first-order valence-electron chi connectivity index (χ1n) is 11.0. The maximum atomic E-state index is 13.1. The number of aromatic nitrogens is 3. The average molecular weight is 479 g/mol. The van der Waals surface area contributed by atoms with E-state index in [0.29, 0.717) is 29.5 Å². The molecule has 0 aliphatic carbocycles. The summed E-state index contributed by atoms with van der Waals surface area (Å²) < 4.78 is 1.74. The van der Waals surface area contributed by atoms with E-state index in [4.69, 9.17) is 0 Å². The molecule has 1 saturated heterocycles. The zero-order valence-electron chi connectivity index (χ0n) is 18.8. The van der Waals surface area contributed by atoms with Crippen molar-refractivity contribution in [2.75, 3.05) is 29.5 Å². The maximum Gasteiger partial charge on any atom is 0.253 e. The molecule has 0 spiro atoms. The van der Waals surface area contributed by atoms with Gasteiger partial charge in [0.05, 0.1) is 11.7 Å². The molecule has 2 N–H and O–H groups in total. The molecule has 0 saturated carbocycles. The summed E-state index contributed by atoms with van der Waals surface area (Å²) in [5, 5.41) is 14.1. The van der Waals surface area contributed by atoms with Gasteiger partial charge in [-0.05, 0) is 43.2 Å². The van der Waals surface area contributed by atoms with Gasteiger partial charge in [-0.25, -0.2) is 0 Å². The summed E-state index contributed by atoms with van der Waals surface area (Å²) in [4.78, 5) is 39.9. The van der Waals surface area contributed by atoms with Crippen LogP contribution < -0.4 is 10.6 Å². The summed E-state index contributed by atoms with van der Waals surface area (Å²) in [6.45, 7) is 0.960. The van der Waals surface area contributed by atoms with Crippen LogP contribution in [-0.4, -0.2) is 56.2 Å². The number of rotatable bonds is 7. The van der Waals surface area contributed by atoms with Crippen LogP contribution in [0.15, 0.2) is 66.1 Å². The number of para-hydroxylation sites is 1. The third kappa shape index (κ3) is 6.02. The topological polar surface area (TPSA) is 109 Å². The minimum atomic E-state index is -0.265. The number of hydrogen-bond acceptors (Lipinski definition) is 6. The first kappa shape index (κ1) is 23.5. The number of piperidine rings is 1. The van der Waals surface area contributed by atoms with Crippen molar-refractivity contribution in [3.05, 3.63) is 66.5 Å². The van der Waals surface area contributed by atoms with Gasteiger partial charge in [0.15, 0.2) is 5.16 Å². The minimum absolute atomic E-state index is 0.0786. The zero-order valence-corrected chi connectivity index (χ0v) is 19.6. The Hall–Kier alpha value is -3.66. The fraction of sp³-hybridized carbons (Fsp3) is 0.292. The van der Waals surface area contributed by atoms with Gasteiger partial charge in [-0.1, -0.05) is 36.0 Å².